The number of nitrogens with zero attached hydrogens (tertiary/aromatic N) is 3. The van der Waals surface area contributed by atoms with Gasteiger partial charge in [0.25, 0.3) is 0 Å². The Morgan fingerprint density at radius 2 is 1.07 bits per heavy atom. The summed E-state index contributed by atoms with van der Waals surface area (Å²) in [6, 6.07) is 49.3. The van der Waals surface area contributed by atoms with Crippen molar-refractivity contribution in [2.45, 2.75) is 0 Å². The maximum Gasteiger partial charge on any atom is 0.235 e. The summed E-state index contributed by atoms with van der Waals surface area (Å²) in [5.74, 6) is 0.671. The molecule has 3 nitrogen and oxygen atoms in total. The third-order valence-corrected chi connectivity index (χ3v) is 8.36. The fourth-order valence-electron chi connectivity index (χ4n) is 6.60. The zero-order valence-corrected chi connectivity index (χ0v) is 22.1. The second-order valence-corrected chi connectivity index (χ2v) is 10.6. The third kappa shape index (κ3) is 3.20. The van der Waals surface area contributed by atoms with Crippen molar-refractivity contribution in [3.63, 3.8) is 0 Å². The van der Waals surface area contributed by atoms with Crippen LogP contribution in [0.2, 0.25) is 0 Å². The average molecular weight is 522 g/mol. The van der Waals surface area contributed by atoms with Crippen LogP contribution in [0.15, 0.2) is 140 Å². The fourth-order valence-corrected chi connectivity index (χ4v) is 6.60. The summed E-state index contributed by atoms with van der Waals surface area (Å²) >= 11 is 0. The summed E-state index contributed by atoms with van der Waals surface area (Å²) in [6.45, 7) is 0. The van der Waals surface area contributed by atoms with Gasteiger partial charge in [-0.25, -0.2) is 9.97 Å². The topological polar surface area (TPSA) is 30.7 Å². The van der Waals surface area contributed by atoms with Gasteiger partial charge in [-0.1, -0.05) is 121 Å². The Balaban J connectivity index is 1.39. The fraction of sp³-hybridized carbons (Fsp3) is 0. The molecule has 1 aliphatic carbocycles. The van der Waals surface area contributed by atoms with Gasteiger partial charge in [0.05, 0.1) is 22.4 Å². The third-order valence-electron chi connectivity index (χ3n) is 8.36. The molecule has 6 aromatic carbocycles. The van der Waals surface area contributed by atoms with E-state index in [1.807, 2.05) is 12.1 Å². The monoisotopic (exact) mass is 521 g/mol. The molecule has 0 unspecified atom stereocenters. The Bertz CT molecular complexity index is 2230. The minimum atomic E-state index is 0.671. The lowest BCUT2D eigenvalue weighted by Gasteiger charge is -2.12. The Hall–Kier alpha value is -5.54. The average Bonchev–Trinajstić information content (AvgIpc) is 3.56. The molecule has 0 N–H and O–H groups in total. The zero-order chi connectivity index (χ0) is 26.9. The summed E-state index contributed by atoms with van der Waals surface area (Å²) in [7, 11) is 0. The molecule has 3 heteroatoms. The first-order valence-corrected chi connectivity index (χ1v) is 13.9. The molecule has 0 spiro atoms. The predicted octanol–water partition coefficient (Wildman–Crippen LogP) is 9.71. The van der Waals surface area contributed by atoms with Crippen LogP contribution in [0.4, 0.5) is 0 Å². The quantitative estimate of drug-likeness (QED) is 0.232. The molecule has 0 amide bonds. The van der Waals surface area contributed by atoms with Crippen molar-refractivity contribution in [3.8, 4) is 50.7 Å². The van der Waals surface area contributed by atoms with E-state index >= 15 is 0 Å². The number of hydrogen-bond acceptors (Lipinski definition) is 2. The summed E-state index contributed by atoms with van der Waals surface area (Å²) in [4.78, 5) is 10.4. The van der Waals surface area contributed by atoms with Crippen LogP contribution in [-0.4, -0.2) is 14.5 Å². The van der Waals surface area contributed by atoms with Gasteiger partial charge in [-0.15, -0.1) is 0 Å². The lowest BCUT2D eigenvalue weighted by molar-refractivity contribution is 0.996. The van der Waals surface area contributed by atoms with E-state index in [2.05, 4.69) is 132 Å². The maximum atomic E-state index is 5.20. The van der Waals surface area contributed by atoms with E-state index in [0.29, 0.717) is 5.95 Å². The van der Waals surface area contributed by atoms with Crippen molar-refractivity contribution >= 4 is 32.6 Å². The van der Waals surface area contributed by atoms with E-state index in [4.69, 9.17) is 9.97 Å². The highest BCUT2D eigenvalue weighted by molar-refractivity contribution is 6.26. The molecule has 0 bridgehead atoms. The van der Waals surface area contributed by atoms with Crippen molar-refractivity contribution in [2.75, 3.05) is 0 Å². The first-order valence-electron chi connectivity index (χ1n) is 13.9. The summed E-state index contributed by atoms with van der Waals surface area (Å²) < 4.78 is 2.24. The molecule has 0 atom stereocenters. The molecular weight excluding hydrogens is 498 g/mol. The SMILES string of the molecule is c1ccc(-c2cc(-c3ccccc3)nc(-n3c4ccccc4c4c5c(ccc43)-c3cccc4cccc-5c34)n2)cc1. The molecule has 0 radical (unpaired) electrons. The van der Waals surface area contributed by atoms with Crippen LogP contribution < -0.4 is 0 Å². The maximum absolute atomic E-state index is 5.20. The number of rotatable bonds is 3. The van der Waals surface area contributed by atoms with Gasteiger partial charge in [0.15, 0.2) is 0 Å². The Morgan fingerprint density at radius 3 is 1.78 bits per heavy atom. The first-order chi connectivity index (χ1) is 20.3. The van der Waals surface area contributed by atoms with Crippen LogP contribution in [0.3, 0.4) is 0 Å². The molecule has 190 valence electrons. The van der Waals surface area contributed by atoms with Gasteiger partial charge >= 0.3 is 0 Å². The normalized spacial score (nSPS) is 11.9. The van der Waals surface area contributed by atoms with E-state index in [1.54, 1.807) is 0 Å². The van der Waals surface area contributed by atoms with Crippen molar-refractivity contribution < 1.29 is 0 Å². The van der Waals surface area contributed by atoms with Gasteiger partial charge in [-0.3, -0.25) is 4.57 Å². The van der Waals surface area contributed by atoms with Gasteiger partial charge in [0.2, 0.25) is 5.95 Å². The van der Waals surface area contributed by atoms with E-state index in [0.717, 1.165) is 33.5 Å². The Morgan fingerprint density at radius 1 is 0.439 bits per heavy atom. The molecule has 0 aliphatic heterocycles. The van der Waals surface area contributed by atoms with Crippen LogP contribution >= 0.6 is 0 Å². The smallest absolute Gasteiger partial charge is 0.235 e. The van der Waals surface area contributed by atoms with Gasteiger partial charge in [0, 0.05) is 27.5 Å². The number of aromatic nitrogens is 3. The highest BCUT2D eigenvalue weighted by atomic mass is 15.2. The van der Waals surface area contributed by atoms with Crippen LogP contribution in [0, 0.1) is 0 Å². The number of fused-ring (bicyclic) bond motifs is 7. The summed E-state index contributed by atoms with van der Waals surface area (Å²) in [5, 5.41) is 5.07. The highest BCUT2D eigenvalue weighted by Gasteiger charge is 2.27. The summed E-state index contributed by atoms with van der Waals surface area (Å²) in [6.07, 6.45) is 0. The molecule has 9 rings (SSSR count). The molecule has 8 aromatic rings. The minimum absolute atomic E-state index is 0.671. The van der Waals surface area contributed by atoms with Crippen LogP contribution in [-0.2, 0) is 0 Å². The van der Waals surface area contributed by atoms with Crippen molar-refractivity contribution in [3.05, 3.63) is 140 Å². The van der Waals surface area contributed by atoms with Crippen LogP contribution in [0.5, 0.6) is 0 Å². The molecule has 41 heavy (non-hydrogen) atoms. The second kappa shape index (κ2) is 8.48. The number of benzene rings is 6. The minimum Gasteiger partial charge on any atom is -0.278 e. The summed E-state index contributed by atoms with van der Waals surface area (Å²) in [5.41, 5.74) is 11.3. The van der Waals surface area contributed by atoms with E-state index in [-0.39, 0.29) is 0 Å². The second-order valence-electron chi connectivity index (χ2n) is 10.6. The molecular formula is C38H23N3. The highest BCUT2D eigenvalue weighted by Crippen LogP contribution is 2.52. The van der Waals surface area contributed by atoms with Crippen molar-refractivity contribution in [2.24, 2.45) is 0 Å². The van der Waals surface area contributed by atoms with Gasteiger partial charge < -0.3 is 0 Å². The van der Waals surface area contributed by atoms with Gasteiger partial charge in [0.1, 0.15) is 0 Å². The van der Waals surface area contributed by atoms with Crippen molar-refractivity contribution in [1.29, 1.82) is 0 Å². The molecule has 2 aromatic heterocycles. The molecule has 0 saturated carbocycles. The zero-order valence-electron chi connectivity index (χ0n) is 22.1. The molecule has 0 fully saturated rings. The Kier molecular flexibility index (Phi) is 4.61. The molecule has 0 saturated heterocycles. The van der Waals surface area contributed by atoms with E-state index in [1.165, 1.54) is 43.8 Å². The van der Waals surface area contributed by atoms with E-state index in [9.17, 15) is 0 Å². The number of para-hydroxylation sites is 1. The van der Waals surface area contributed by atoms with Crippen molar-refractivity contribution in [1.82, 2.24) is 14.5 Å². The lowest BCUT2D eigenvalue weighted by Crippen LogP contribution is -2.04. The van der Waals surface area contributed by atoms with Gasteiger partial charge in [-0.2, -0.15) is 0 Å². The standard InChI is InChI=1S/C38H23N3/c1-3-11-24(12-4-1)31-23-32(25-13-5-2-6-14-25)40-38(39-31)41-33-20-8-7-17-29(33)37-34(41)22-21-28-27-18-9-15-26-16-10-19-30(35(26)27)36(28)37/h1-23H. The van der Waals surface area contributed by atoms with Crippen LogP contribution in [0.1, 0.15) is 0 Å². The Labute approximate surface area is 237 Å². The predicted molar refractivity (Wildman–Crippen MR) is 169 cm³/mol. The van der Waals surface area contributed by atoms with Gasteiger partial charge in [-0.05, 0) is 45.7 Å². The largest absolute Gasteiger partial charge is 0.278 e. The first kappa shape index (κ1) is 22.3. The van der Waals surface area contributed by atoms with Crippen LogP contribution in [0.25, 0.3) is 83.3 Å². The lowest BCUT2D eigenvalue weighted by atomic mass is 9.98. The number of hydrogen-bond donors (Lipinski definition) is 0. The molecule has 1 aliphatic rings. The molecule has 2 heterocycles. The van der Waals surface area contributed by atoms with E-state index < -0.39 is 0 Å².